The fourth-order valence-corrected chi connectivity index (χ4v) is 4.48. The Morgan fingerprint density at radius 2 is 2.03 bits per heavy atom. The van der Waals surface area contributed by atoms with Crippen LogP contribution in [0.4, 0.5) is 11.4 Å². The molecule has 0 spiro atoms. The van der Waals surface area contributed by atoms with E-state index in [-0.39, 0.29) is 11.7 Å². The van der Waals surface area contributed by atoms with Gasteiger partial charge in [0, 0.05) is 49.5 Å². The normalized spacial score (nSPS) is 19.4. The fraction of sp³-hybridized carbons (Fsp3) is 0.364. The van der Waals surface area contributed by atoms with Crippen molar-refractivity contribution in [1.82, 2.24) is 4.90 Å². The van der Waals surface area contributed by atoms with Crippen molar-refractivity contribution in [2.24, 2.45) is 0 Å². The Hall–Kier alpha value is -2.82. The summed E-state index contributed by atoms with van der Waals surface area (Å²) in [5.41, 5.74) is 5.22. The van der Waals surface area contributed by atoms with Crippen LogP contribution in [0.15, 0.2) is 40.8 Å². The lowest BCUT2D eigenvalue weighted by Gasteiger charge is -2.34. The highest BCUT2D eigenvalue weighted by Crippen LogP contribution is 2.36. The molecule has 1 unspecified atom stereocenters. The molecule has 0 saturated carbocycles. The number of likely N-dealkylation sites (N-methyl/N-ethyl adjacent to an activating group) is 1. The number of carbonyl (C=O) groups excluding carboxylic acids is 1. The molecule has 2 aromatic rings. The number of ether oxygens (including phenoxy) is 1. The van der Waals surface area contributed by atoms with Crippen molar-refractivity contribution in [2.75, 3.05) is 43.4 Å². The average Bonchev–Trinajstić information content (AvgIpc) is 3.38. The summed E-state index contributed by atoms with van der Waals surface area (Å²) in [5.74, 6) is -0.100. The lowest BCUT2D eigenvalue weighted by Crippen LogP contribution is -2.44. The minimum atomic E-state index is -0.575. The number of hydrogen-bond acceptors (Lipinski definition) is 6. The number of benzene rings is 1. The summed E-state index contributed by atoms with van der Waals surface area (Å²) >= 11 is 1.65. The van der Waals surface area contributed by atoms with E-state index < -0.39 is 6.10 Å². The van der Waals surface area contributed by atoms with Crippen molar-refractivity contribution < 1.29 is 9.53 Å². The highest BCUT2D eigenvalue weighted by Gasteiger charge is 2.24. The molecule has 1 aromatic carbocycles. The number of thiophene rings is 1. The Morgan fingerprint density at radius 1 is 1.24 bits per heavy atom. The van der Waals surface area contributed by atoms with Crippen molar-refractivity contribution >= 4 is 28.6 Å². The molecule has 150 valence electrons. The van der Waals surface area contributed by atoms with Crippen LogP contribution >= 0.6 is 11.3 Å². The van der Waals surface area contributed by atoms with Gasteiger partial charge in [-0.05, 0) is 60.1 Å². The Morgan fingerprint density at radius 3 is 2.69 bits per heavy atom. The first-order chi connectivity index (χ1) is 14.0. The number of aryl methyl sites for hydroxylation is 1. The maximum absolute atomic E-state index is 12.7. The van der Waals surface area contributed by atoms with Crippen molar-refractivity contribution in [3.05, 3.63) is 46.4 Å². The number of rotatable bonds is 4. The molecule has 3 heterocycles. The minimum Gasteiger partial charge on any atom is -0.470 e. The molecule has 1 aromatic heterocycles. The second-order valence-electron chi connectivity index (χ2n) is 7.48. The molecule has 1 atom stereocenters. The smallest absolute Gasteiger partial charge is 0.290 e. The van der Waals surface area contributed by atoms with Gasteiger partial charge in [-0.2, -0.15) is 16.6 Å². The SMILES string of the molecule is Cc1cscc1-c1cc(N2CCN(C)CC2)ccc1NC(=O)C1=CCC(C#N)O1. The van der Waals surface area contributed by atoms with Crippen LogP contribution in [0, 0.1) is 18.3 Å². The molecule has 2 aliphatic heterocycles. The second kappa shape index (κ2) is 8.27. The minimum absolute atomic E-state index is 0.215. The first-order valence-electron chi connectivity index (χ1n) is 9.73. The molecular weight excluding hydrogens is 384 g/mol. The van der Waals surface area contributed by atoms with E-state index in [0.717, 1.165) is 48.7 Å². The third-order valence-corrected chi connectivity index (χ3v) is 6.28. The van der Waals surface area contributed by atoms with Crippen LogP contribution in [0.1, 0.15) is 12.0 Å². The average molecular weight is 409 g/mol. The van der Waals surface area contributed by atoms with Crippen LogP contribution in [0.3, 0.4) is 0 Å². The van der Waals surface area contributed by atoms with E-state index in [1.54, 1.807) is 17.4 Å². The van der Waals surface area contributed by atoms with Gasteiger partial charge in [0.05, 0.1) is 0 Å². The lowest BCUT2D eigenvalue weighted by atomic mass is 10.0. The number of piperazine rings is 1. The first-order valence-corrected chi connectivity index (χ1v) is 10.7. The third kappa shape index (κ3) is 4.14. The predicted molar refractivity (Wildman–Crippen MR) is 116 cm³/mol. The molecule has 0 bridgehead atoms. The Bertz CT molecular complexity index is 983. The largest absolute Gasteiger partial charge is 0.470 e. The molecule has 2 aliphatic rings. The summed E-state index contributed by atoms with van der Waals surface area (Å²) in [6, 6.07) is 8.23. The van der Waals surface area contributed by atoms with Crippen LogP contribution in [0.25, 0.3) is 11.1 Å². The van der Waals surface area contributed by atoms with Gasteiger partial charge in [-0.3, -0.25) is 4.79 Å². The van der Waals surface area contributed by atoms with Gasteiger partial charge >= 0.3 is 0 Å². The van der Waals surface area contributed by atoms with E-state index in [1.807, 2.05) is 12.1 Å². The number of nitriles is 1. The maximum Gasteiger partial charge on any atom is 0.290 e. The summed E-state index contributed by atoms with van der Waals surface area (Å²) in [7, 11) is 2.15. The number of carbonyl (C=O) groups is 1. The van der Waals surface area contributed by atoms with Crippen LogP contribution < -0.4 is 10.2 Å². The molecule has 7 heteroatoms. The zero-order chi connectivity index (χ0) is 20.4. The zero-order valence-corrected chi connectivity index (χ0v) is 17.5. The van der Waals surface area contributed by atoms with Crippen LogP contribution in [0.2, 0.25) is 0 Å². The highest BCUT2D eigenvalue weighted by atomic mass is 32.1. The molecule has 1 amide bonds. The van der Waals surface area contributed by atoms with Gasteiger partial charge in [-0.1, -0.05) is 0 Å². The van der Waals surface area contributed by atoms with Gasteiger partial charge in [0.25, 0.3) is 5.91 Å². The Labute approximate surface area is 175 Å². The predicted octanol–water partition coefficient (Wildman–Crippen LogP) is 3.61. The van der Waals surface area contributed by atoms with Crippen LogP contribution in [0.5, 0.6) is 0 Å². The summed E-state index contributed by atoms with van der Waals surface area (Å²) in [4.78, 5) is 17.4. The number of nitrogens with zero attached hydrogens (tertiary/aromatic N) is 3. The molecule has 4 rings (SSSR count). The summed E-state index contributed by atoms with van der Waals surface area (Å²) in [5, 5.41) is 16.2. The fourth-order valence-electron chi connectivity index (χ4n) is 3.63. The summed E-state index contributed by atoms with van der Waals surface area (Å²) in [6.45, 7) is 6.13. The summed E-state index contributed by atoms with van der Waals surface area (Å²) in [6.07, 6.45) is 1.55. The van der Waals surface area contributed by atoms with E-state index in [0.29, 0.717) is 6.42 Å². The Kier molecular flexibility index (Phi) is 5.56. The molecule has 1 saturated heterocycles. The van der Waals surface area contributed by atoms with E-state index >= 15 is 0 Å². The number of amides is 1. The molecule has 0 aliphatic carbocycles. The van der Waals surface area contributed by atoms with E-state index in [4.69, 9.17) is 10.00 Å². The topological polar surface area (TPSA) is 68.6 Å². The van der Waals surface area contributed by atoms with Gasteiger partial charge in [0.15, 0.2) is 11.9 Å². The van der Waals surface area contributed by atoms with E-state index in [9.17, 15) is 4.79 Å². The summed E-state index contributed by atoms with van der Waals surface area (Å²) < 4.78 is 5.40. The van der Waals surface area contributed by atoms with Gasteiger partial charge in [0.1, 0.15) is 6.07 Å². The zero-order valence-electron chi connectivity index (χ0n) is 16.6. The standard InChI is InChI=1S/C22H24N4O2S/c1-15-13-29-14-19(15)18-11-16(26-9-7-25(2)8-10-26)3-5-20(18)24-22(27)21-6-4-17(12-23)28-21/h3,5-6,11,13-14,17H,4,7-10H2,1-2H3,(H,24,27). The van der Waals surface area contributed by atoms with Crippen molar-refractivity contribution in [3.63, 3.8) is 0 Å². The van der Waals surface area contributed by atoms with E-state index in [2.05, 4.69) is 52.0 Å². The molecule has 1 fully saturated rings. The third-order valence-electron chi connectivity index (χ3n) is 5.42. The molecule has 29 heavy (non-hydrogen) atoms. The van der Waals surface area contributed by atoms with Gasteiger partial charge < -0.3 is 19.9 Å². The maximum atomic E-state index is 12.7. The van der Waals surface area contributed by atoms with Crippen LogP contribution in [-0.2, 0) is 9.53 Å². The van der Waals surface area contributed by atoms with Crippen molar-refractivity contribution in [3.8, 4) is 17.2 Å². The lowest BCUT2D eigenvalue weighted by molar-refractivity contribution is -0.116. The second-order valence-corrected chi connectivity index (χ2v) is 8.23. The number of hydrogen-bond donors (Lipinski definition) is 1. The molecule has 0 radical (unpaired) electrons. The molecule has 6 nitrogen and oxygen atoms in total. The number of nitrogens with one attached hydrogen (secondary N) is 1. The monoisotopic (exact) mass is 408 g/mol. The number of anilines is 2. The van der Waals surface area contributed by atoms with Gasteiger partial charge in [0.2, 0.25) is 0 Å². The first kappa shape index (κ1) is 19.5. The van der Waals surface area contributed by atoms with Gasteiger partial charge in [-0.15, -0.1) is 0 Å². The van der Waals surface area contributed by atoms with Crippen molar-refractivity contribution in [1.29, 1.82) is 5.26 Å². The molecular formula is C22H24N4O2S. The Balaban J connectivity index is 1.62. The highest BCUT2D eigenvalue weighted by molar-refractivity contribution is 7.08. The molecule has 1 N–H and O–H groups in total. The quantitative estimate of drug-likeness (QED) is 0.837. The van der Waals surface area contributed by atoms with Gasteiger partial charge in [-0.25, -0.2) is 0 Å². The van der Waals surface area contributed by atoms with Crippen molar-refractivity contribution in [2.45, 2.75) is 19.4 Å². The van der Waals surface area contributed by atoms with Crippen LogP contribution in [-0.4, -0.2) is 50.1 Å². The van der Waals surface area contributed by atoms with E-state index in [1.165, 1.54) is 5.56 Å².